The number of nitrogen functional groups attached to an aromatic ring is 1. The number of carbonyl (C=O) groups is 2. The minimum absolute atomic E-state index is 0.0131. The van der Waals surface area contributed by atoms with Gasteiger partial charge in [-0.3, -0.25) is 25.5 Å². The van der Waals surface area contributed by atoms with Crippen LogP contribution in [-0.4, -0.2) is 30.3 Å². The van der Waals surface area contributed by atoms with Crippen molar-refractivity contribution < 1.29 is 18.9 Å². The molecule has 1 aromatic rings. The van der Waals surface area contributed by atoms with Crippen LogP contribution in [0.2, 0.25) is 0 Å². The second-order valence-corrected chi connectivity index (χ2v) is 3.93. The number of hydrogen-bond donors (Lipinski definition) is 4. The van der Waals surface area contributed by atoms with Crippen LogP contribution in [0.25, 0.3) is 0 Å². The summed E-state index contributed by atoms with van der Waals surface area (Å²) in [5.41, 5.74) is 0.700. The third kappa shape index (κ3) is 4.11. The normalized spacial score (nSPS) is 9.86. The van der Waals surface area contributed by atoms with Gasteiger partial charge >= 0.3 is 0 Å². The maximum atomic E-state index is 13.4. The molecule has 21 heavy (non-hydrogen) atoms. The van der Waals surface area contributed by atoms with Gasteiger partial charge in [0.2, 0.25) is 5.91 Å². The van der Waals surface area contributed by atoms with Crippen molar-refractivity contribution in [1.29, 1.82) is 0 Å². The van der Waals surface area contributed by atoms with Crippen molar-refractivity contribution in [2.75, 3.05) is 19.0 Å². The molecule has 114 valence electrons. The highest BCUT2D eigenvalue weighted by atomic mass is 19.1. The SMILES string of the molecule is CNC(=O)CCNC(=O)c1cc(NN)c(F)cc1[N+](=O)[O-]. The number of benzene rings is 1. The van der Waals surface area contributed by atoms with E-state index in [0.29, 0.717) is 6.07 Å². The lowest BCUT2D eigenvalue weighted by molar-refractivity contribution is -0.385. The molecular weight excluding hydrogens is 285 g/mol. The fourth-order valence-corrected chi connectivity index (χ4v) is 1.52. The highest BCUT2D eigenvalue weighted by Crippen LogP contribution is 2.25. The number of nitro groups is 1. The number of carbonyl (C=O) groups excluding carboxylic acids is 2. The molecule has 2 amide bonds. The summed E-state index contributed by atoms with van der Waals surface area (Å²) in [6.07, 6.45) is 0.0131. The van der Waals surface area contributed by atoms with E-state index >= 15 is 0 Å². The Labute approximate surface area is 118 Å². The summed E-state index contributed by atoms with van der Waals surface area (Å²) in [5, 5.41) is 15.5. The molecule has 0 bridgehead atoms. The van der Waals surface area contributed by atoms with Gasteiger partial charge in [-0.15, -0.1) is 0 Å². The van der Waals surface area contributed by atoms with Crippen LogP contribution in [0.4, 0.5) is 15.8 Å². The molecule has 0 saturated heterocycles. The van der Waals surface area contributed by atoms with E-state index in [1.54, 1.807) is 0 Å². The van der Waals surface area contributed by atoms with Gasteiger partial charge in [-0.25, -0.2) is 4.39 Å². The summed E-state index contributed by atoms with van der Waals surface area (Å²) in [7, 11) is 1.44. The van der Waals surface area contributed by atoms with Crippen molar-refractivity contribution in [2.45, 2.75) is 6.42 Å². The van der Waals surface area contributed by atoms with Gasteiger partial charge in [-0.2, -0.15) is 0 Å². The summed E-state index contributed by atoms with van der Waals surface area (Å²) < 4.78 is 13.4. The second-order valence-electron chi connectivity index (χ2n) is 3.93. The number of nitro benzene ring substituents is 1. The number of halogens is 1. The zero-order valence-electron chi connectivity index (χ0n) is 11.1. The van der Waals surface area contributed by atoms with E-state index in [-0.39, 0.29) is 30.1 Å². The van der Waals surface area contributed by atoms with Crippen LogP contribution >= 0.6 is 0 Å². The molecule has 1 aromatic carbocycles. The molecule has 0 fully saturated rings. The zero-order chi connectivity index (χ0) is 16.0. The molecule has 0 radical (unpaired) electrons. The monoisotopic (exact) mass is 299 g/mol. The topological polar surface area (TPSA) is 139 Å². The first kappa shape index (κ1) is 16.3. The van der Waals surface area contributed by atoms with E-state index in [0.717, 1.165) is 6.07 Å². The van der Waals surface area contributed by atoms with E-state index < -0.39 is 22.3 Å². The third-order valence-electron chi connectivity index (χ3n) is 2.60. The van der Waals surface area contributed by atoms with Crippen LogP contribution in [-0.2, 0) is 4.79 Å². The molecule has 0 unspecified atom stereocenters. The predicted molar refractivity (Wildman–Crippen MR) is 71.9 cm³/mol. The molecule has 0 aliphatic carbocycles. The van der Waals surface area contributed by atoms with Crippen molar-refractivity contribution in [3.8, 4) is 0 Å². The Morgan fingerprint density at radius 2 is 2.10 bits per heavy atom. The van der Waals surface area contributed by atoms with E-state index in [2.05, 4.69) is 10.6 Å². The van der Waals surface area contributed by atoms with Crippen LogP contribution in [0.1, 0.15) is 16.8 Å². The lowest BCUT2D eigenvalue weighted by Gasteiger charge is -2.08. The van der Waals surface area contributed by atoms with Crippen molar-refractivity contribution in [1.82, 2.24) is 10.6 Å². The van der Waals surface area contributed by atoms with Crippen molar-refractivity contribution in [3.05, 3.63) is 33.6 Å². The van der Waals surface area contributed by atoms with Crippen LogP contribution in [0.15, 0.2) is 12.1 Å². The molecule has 0 aliphatic rings. The maximum Gasteiger partial charge on any atom is 0.285 e. The first-order valence-electron chi connectivity index (χ1n) is 5.84. The number of nitrogens with two attached hydrogens (primary N) is 1. The van der Waals surface area contributed by atoms with Crippen LogP contribution in [0.5, 0.6) is 0 Å². The fourth-order valence-electron chi connectivity index (χ4n) is 1.52. The molecule has 0 aromatic heterocycles. The molecular formula is C11H14FN5O4. The maximum absolute atomic E-state index is 13.4. The molecule has 10 heteroatoms. The van der Waals surface area contributed by atoms with Crippen molar-refractivity contribution >= 4 is 23.2 Å². The smallest absolute Gasteiger partial charge is 0.285 e. The molecule has 0 spiro atoms. The summed E-state index contributed by atoms with van der Waals surface area (Å²) in [4.78, 5) is 32.9. The van der Waals surface area contributed by atoms with Crippen molar-refractivity contribution in [3.63, 3.8) is 0 Å². The van der Waals surface area contributed by atoms with Gasteiger partial charge in [-0.1, -0.05) is 0 Å². The van der Waals surface area contributed by atoms with Gasteiger partial charge in [-0.05, 0) is 6.07 Å². The first-order valence-corrected chi connectivity index (χ1v) is 5.84. The third-order valence-corrected chi connectivity index (χ3v) is 2.60. The van der Waals surface area contributed by atoms with E-state index in [1.165, 1.54) is 7.05 Å². The van der Waals surface area contributed by atoms with Gasteiger partial charge in [0.1, 0.15) is 5.56 Å². The van der Waals surface area contributed by atoms with Crippen LogP contribution in [0, 0.1) is 15.9 Å². The van der Waals surface area contributed by atoms with Gasteiger partial charge < -0.3 is 16.1 Å². The Hall–Kier alpha value is -2.75. The Kier molecular flexibility index (Phi) is 5.55. The molecule has 9 nitrogen and oxygen atoms in total. The largest absolute Gasteiger partial charge is 0.359 e. The van der Waals surface area contributed by atoms with Gasteiger partial charge in [0.05, 0.1) is 16.7 Å². The Balaban J connectivity index is 2.96. The molecule has 1 rings (SSSR count). The molecule has 0 heterocycles. The standard InChI is InChI=1S/C11H14FN5O4/c1-14-10(18)2-3-15-11(19)6-4-8(16-13)7(12)5-9(6)17(20)21/h4-5,16H,2-3,13H2,1H3,(H,14,18)(H,15,19). The predicted octanol–water partition coefficient (Wildman–Crippen LogP) is -0.115. The van der Waals surface area contributed by atoms with E-state index in [9.17, 15) is 24.1 Å². The minimum atomic E-state index is -0.953. The summed E-state index contributed by atoms with van der Waals surface area (Å²) in [6.45, 7) is -0.0155. The average Bonchev–Trinajstić information content (AvgIpc) is 2.46. The molecule has 0 atom stereocenters. The van der Waals surface area contributed by atoms with Crippen LogP contribution < -0.4 is 21.9 Å². The molecule has 5 N–H and O–H groups in total. The molecule has 0 aliphatic heterocycles. The summed E-state index contributed by atoms with van der Waals surface area (Å²) >= 11 is 0. The number of hydrazine groups is 1. The van der Waals surface area contributed by atoms with Gasteiger partial charge in [0.25, 0.3) is 11.6 Å². The highest BCUT2D eigenvalue weighted by molar-refractivity contribution is 5.99. The minimum Gasteiger partial charge on any atom is -0.359 e. The lowest BCUT2D eigenvalue weighted by atomic mass is 10.1. The van der Waals surface area contributed by atoms with Gasteiger partial charge in [0, 0.05) is 20.0 Å². The zero-order valence-corrected chi connectivity index (χ0v) is 11.1. The van der Waals surface area contributed by atoms with E-state index in [1.807, 2.05) is 5.43 Å². The Bertz CT molecular complexity index is 578. The highest BCUT2D eigenvalue weighted by Gasteiger charge is 2.23. The Morgan fingerprint density at radius 1 is 1.43 bits per heavy atom. The number of rotatable bonds is 6. The lowest BCUT2D eigenvalue weighted by Crippen LogP contribution is -2.29. The number of anilines is 1. The Morgan fingerprint density at radius 3 is 2.62 bits per heavy atom. The summed E-state index contributed by atoms with van der Waals surface area (Å²) in [6, 6.07) is 1.53. The first-order chi connectivity index (χ1) is 9.90. The van der Waals surface area contributed by atoms with E-state index in [4.69, 9.17) is 5.84 Å². The average molecular weight is 299 g/mol. The quantitative estimate of drug-likeness (QED) is 0.328. The number of nitrogens with zero attached hydrogens (tertiary/aromatic N) is 1. The number of amides is 2. The second kappa shape index (κ2) is 7.14. The van der Waals surface area contributed by atoms with Crippen molar-refractivity contribution in [2.24, 2.45) is 5.84 Å². The summed E-state index contributed by atoms with van der Waals surface area (Å²) in [5.74, 6) is 3.01. The number of hydrogen-bond acceptors (Lipinski definition) is 6. The van der Waals surface area contributed by atoms with Crippen LogP contribution in [0.3, 0.4) is 0 Å². The van der Waals surface area contributed by atoms with Gasteiger partial charge in [0.15, 0.2) is 5.82 Å². The fraction of sp³-hybridized carbons (Fsp3) is 0.273. The number of nitrogens with one attached hydrogen (secondary N) is 3. The molecule has 0 saturated carbocycles.